The number of likely N-dealkylation sites (tertiary alicyclic amines) is 1. The van der Waals surface area contributed by atoms with Crippen molar-refractivity contribution in [2.75, 3.05) is 5.06 Å². The van der Waals surface area contributed by atoms with Crippen molar-refractivity contribution in [3.05, 3.63) is 90.0 Å². The number of fused-ring (bicyclic) bond motifs is 1. The number of imide groups is 1. The molecule has 3 aromatic carbocycles. The molecular formula is C24H20N2O5. The largest absolute Gasteiger partial charge is 0.504 e. The smallest absolute Gasteiger partial charge is 0.262 e. The van der Waals surface area contributed by atoms with Gasteiger partial charge in [0.15, 0.2) is 17.6 Å². The molecule has 3 unspecified atom stereocenters. The van der Waals surface area contributed by atoms with Crippen molar-refractivity contribution in [3.8, 4) is 11.5 Å². The average molecular weight is 416 g/mol. The van der Waals surface area contributed by atoms with Gasteiger partial charge in [-0.05, 0) is 35.4 Å². The molecule has 31 heavy (non-hydrogen) atoms. The lowest BCUT2D eigenvalue weighted by molar-refractivity contribution is -0.143. The van der Waals surface area contributed by atoms with Crippen molar-refractivity contribution in [2.24, 2.45) is 5.92 Å². The molecule has 7 heteroatoms. The summed E-state index contributed by atoms with van der Waals surface area (Å²) in [6, 6.07) is 22.2. The summed E-state index contributed by atoms with van der Waals surface area (Å²) in [5.74, 6) is -2.04. The third-order valence-electron chi connectivity index (χ3n) is 5.74. The first-order valence-electron chi connectivity index (χ1n) is 9.96. The Labute approximate surface area is 178 Å². The van der Waals surface area contributed by atoms with Crippen LogP contribution in [0.3, 0.4) is 0 Å². The van der Waals surface area contributed by atoms with Gasteiger partial charge in [0.25, 0.3) is 5.91 Å². The van der Waals surface area contributed by atoms with E-state index in [4.69, 9.17) is 4.84 Å². The highest BCUT2D eigenvalue weighted by atomic mass is 16.7. The first kappa shape index (κ1) is 19.1. The number of benzene rings is 3. The van der Waals surface area contributed by atoms with E-state index in [-0.39, 0.29) is 29.9 Å². The number of carbonyl (C=O) groups is 2. The van der Waals surface area contributed by atoms with Gasteiger partial charge < -0.3 is 10.2 Å². The summed E-state index contributed by atoms with van der Waals surface area (Å²) in [5, 5.41) is 21.3. The van der Waals surface area contributed by atoms with Gasteiger partial charge in [0.05, 0.1) is 18.3 Å². The van der Waals surface area contributed by atoms with E-state index in [0.717, 1.165) is 5.56 Å². The molecule has 156 valence electrons. The van der Waals surface area contributed by atoms with E-state index in [1.807, 2.05) is 60.7 Å². The van der Waals surface area contributed by atoms with Crippen molar-refractivity contribution in [2.45, 2.75) is 18.7 Å². The van der Waals surface area contributed by atoms with Gasteiger partial charge >= 0.3 is 0 Å². The second-order valence-corrected chi connectivity index (χ2v) is 7.65. The lowest BCUT2D eigenvalue weighted by Crippen LogP contribution is -2.36. The Morgan fingerprint density at radius 3 is 2.16 bits per heavy atom. The summed E-state index contributed by atoms with van der Waals surface area (Å²) in [4.78, 5) is 33.8. The Bertz CT molecular complexity index is 1140. The number of nitrogens with zero attached hydrogens (tertiary/aromatic N) is 2. The minimum atomic E-state index is -0.961. The Morgan fingerprint density at radius 2 is 1.48 bits per heavy atom. The Hall–Kier alpha value is -3.84. The van der Waals surface area contributed by atoms with Gasteiger partial charge in [0, 0.05) is 0 Å². The number of anilines is 1. The lowest BCUT2D eigenvalue weighted by atomic mass is 9.90. The third-order valence-corrected chi connectivity index (χ3v) is 5.74. The molecule has 0 aromatic heterocycles. The van der Waals surface area contributed by atoms with Crippen LogP contribution in [0, 0.1) is 5.92 Å². The summed E-state index contributed by atoms with van der Waals surface area (Å²) in [6.07, 6.45) is -0.961. The maximum atomic E-state index is 13.4. The average Bonchev–Trinajstić information content (AvgIpc) is 3.29. The van der Waals surface area contributed by atoms with Gasteiger partial charge in [-0.25, -0.2) is 5.06 Å². The Morgan fingerprint density at radius 1 is 0.806 bits per heavy atom. The first-order valence-corrected chi connectivity index (χ1v) is 9.96. The van der Waals surface area contributed by atoms with E-state index >= 15 is 0 Å². The molecule has 3 aromatic rings. The van der Waals surface area contributed by atoms with Gasteiger partial charge in [0.1, 0.15) is 5.92 Å². The summed E-state index contributed by atoms with van der Waals surface area (Å²) >= 11 is 0. The summed E-state index contributed by atoms with van der Waals surface area (Å²) in [7, 11) is 0. The van der Waals surface area contributed by atoms with Gasteiger partial charge in [-0.2, -0.15) is 0 Å². The van der Waals surface area contributed by atoms with Gasteiger partial charge in [-0.1, -0.05) is 54.6 Å². The molecule has 2 saturated heterocycles. The van der Waals surface area contributed by atoms with Gasteiger partial charge in [-0.15, -0.1) is 0 Å². The highest BCUT2D eigenvalue weighted by molar-refractivity contribution is 6.07. The molecule has 2 aliphatic rings. The first-order chi connectivity index (χ1) is 15.0. The Balaban J connectivity index is 1.54. The SMILES string of the molecule is O=C1C2ON(c3ccccc3)C(c3ccc(O)c(O)c3)C2C(=O)N1Cc1ccccc1. The number of hydroxylamine groups is 1. The maximum absolute atomic E-state index is 13.4. The molecule has 2 fully saturated rings. The van der Waals surface area contributed by atoms with Crippen LogP contribution in [-0.4, -0.2) is 33.0 Å². The molecule has 2 N–H and O–H groups in total. The van der Waals surface area contributed by atoms with Crippen LogP contribution in [0.2, 0.25) is 0 Å². The third kappa shape index (κ3) is 3.19. The van der Waals surface area contributed by atoms with Crippen LogP contribution in [-0.2, 0) is 21.0 Å². The van der Waals surface area contributed by atoms with Gasteiger partial charge in [-0.3, -0.25) is 19.3 Å². The molecule has 0 radical (unpaired) electrons. The number of rotatable bonds is 4. The van der Waals surface area contributed by atoms with Crippen LogP contribution in [0.5, 0.6) is 11.5 Å². The molecule has 2 heterocycles. The van der Waals surface area contributed by atoms with Crippen molar-refractivity contribution in [1.29, 1.82) is 0 Å². The molecular weight excluding hydrogens is 396 g/mol. The minimum Gasteiger partial charge on any atom is -0.504 e. The summed E-state index contributed by atoms with van der Waals surface area (Å²) in [6.45, 7) is 0.174. The fourth-order valence-electron chi connectivity index (χ4n) is 4.26. The normalized spacial score (nSPS) is 22.8. The molecule has 0 saturated carbocycles. The maximum Gasteiger partial charge on any atom is 0.262 e. The number of para-hydroxylation sites is 1. The van der Waals surface area contributed by atoms with Gasteiger partial charge in [0.2, 0.25) is 5.91 Å². The fraction of sp³-hybridized carbons (Fsp3) is 0.167. The standard InChI is InChI=1S/C24H20N2O5/c27-18-12-11-16(13-19(18)28)21-20-22(31-26(21)17-9-5-2-6-10-17)24(30)25(23(20)29)14-15-7-3-1-4-8-15/h1-13,20-22,27-28H,14H2. The predicted molar refractivity (Wildman–Crippen MR) is 112 cm³/mol. The van der Waals surface area contributed by atoms with Crippen LogP contribution in [0.25, 0.3) is 0 Å². The van der Waals surface area contributed by atoms with E-state index in [9.17, 15) is 19.8 Å². The number of hydrogen-bond acceptors (Lipinski definition) is 6. The van der Waals surface area contributed by atoms with Crippen LogP contribution < -0.4 is 5.06 Å². The minimum absolute atomic E-state index is 0.174. The second kappa shape index (κ2) is 7.45. The number of aromatic hydroxyl groups is 2. The quantitative estimate of drug-likeness (QED) is 0.502. The predicted octanol–water partition coefficient (Wildman–Crippen LogP) is 3.14. The molecule has 5 rings (SSSR count). The van der Waals surface area contributed by atoms with Crippen LogP contribution >= 0.6 is 0 Å². The highest BCUT2D eigenvalue weighted by Gasteiger charge is 2.59. The van der Waals surface area contributed by atoms with Crippen molar-refractivity contribution < 1.29 is 24.6 Å². The molecule has 2 amide bonds. The summed E-state index contributed by atoms with van der Waals surface area (Å²) < 4.78 is 0. The molecule has 7 nitrogen and oxygen atoms in total. The van der Waals surface area contributed by atoms with Crippen molar-refractivity contribution in [3.63, 3.8) is 0 Å². The molecule has 0 bridgehead atoms. The molecule has 3 atom stereocenters. The second-order valence-electron chi connectivity index (χ2n) is 7.65. The number of amides is 2. The highest BCUT2D eigenvalue weighted by Crippen LogP contribution is 2.47. The Kier molecular flexibility index (Phi) is 4.60. The van der Waals surface area contributed by atoms with E-state index in [0.29, 0.717) is 11.3 Å². The zero-order valence-corrected chi connectivity index (χ0v) is 16.5. The fourth-order valence-corrected chi connectivity index (χ4v) is 4.26. The number of carbonyl (C=O) groups excluding carboxylic acids is 2. The van der Waals surface area contributed by atoms with E-state index in [2.05, 4.69) is 0 Å². The monoisotopic (exact) mass is 416 g/mol. The number of phenols is 2. The van der Waals surface area contributed by atoms with E-state index in [1.54, 1.807) is 11.1 Å². The number of hydrogen-bond donors (Lipinski definition) is 2. The number of phenolic OH excluding ortho intramolecular Hbond substituents is 2. The van der Waals surface area contributed by atoms with Crippen LogP contribution in [0.4, 0.5) is 5.69 Å². The van der Waals surface area contributed by atoms with E-state index < -0.39 is 18.1 Å². The lowest BCUT2D eigenvalue weighted by Gasteiger charge is -2.28. The topological polar surface area (TPSA) is 90.3 Å². The van der Waals surface area contributed by atoms with Crippen molar-refractivity contribution >= 4 is 17.5 Å². The molecule has 0 spiro atoms. The zero-order chi connectivity index (χ0) is 21.5. The summed E-state index contributed by atoms with van der Waals surface area (Å²) in [5.41, 5.74) is 2.10. The van der Waals surface area contributed by atoms with Crippen molar-refractivity contribution in [1.82, 2.24) is 4.90 Å². The zero-order valence-electron chi connectivity index (χ0n) is 16.5. The van der Waals surface area contributed by atoms with Crippen LogP contribution in [0.15, 0.2) is 78.9 Å². The molecule has 2 aliphatic heterocycles. The van der Waals surface area contributed by atoms with E-state index in [1.165, 1.54) is 17.0 Å². The van der Waals surface area contributed by atoms with Crippen LogP contribution in [0.1, 0.15) is 17.2 Å². The molecule has 0 aliphatic carbocycles.